The van der Waals surface area contributed by atoms with Gasteiger partial charge in [-0.2, -0.15) is 15.5 Å². The fourth-order valence-electron chi connectivity index (χ4n) is 1.79. The van der Waals surface area contributed by atoms with Crippen LogP contribution in [0, 0.1) is 39.0 Å². The van der Waals surface area contributed by atoms with Gasteiger partial charge in [-0.1, -0.05) is 0 Å². The molecule has 0 bridgehead atoms. The number of ether oxygens (including phenoxy) is 1. The average molecular weight is 257 g/mol. The first kappa shape index (κ1) is 13.0. The van der Waals surface area contributed by atoms with E-state index in [0.717, 1.165) is 22.6 Å². The van der Waals surface area contributed by atoms with E-state index in [4.69, 9.17) is 4.74 Å². The Kier molecular flexibility index (Phi) is 3.21. The van der Waals surface area contributed by atoms with E-state index in [-0.39, 0.29) is 5.88 Å². The van der Waals surface area contributed by atoms with Crippen LogP contribution in [0.2, 0.25) is 0 Å². The van der Waals surface area contributed by atoms with Gasteiger partial charge in [-0.3, -0.25) is 4.68 Å². The minimum Gasteiger partial charge on any atom is -0.433 e. The van der Waals surface area contributed by atoms with Gasteiger partial charge < -0.3 is 4.74 Å². The third-order valence-electron chi connectivity index (χ3n) is 3.18. The first-order chi connectivity index (χ1) is 8.95. The Morgan fingerprint density at radius 2 is 1.79 bits per heavy atom. The maximum Gasteiger partial charge on any atom is 0.257 e. The zero-order valence-corrected chi connectivity index (χ0v) is 11.6. The van der Waals surface area contributed by atoms with Gasteiger partial charge in [-0.15, -0.1) is 5.10 Å². The maximum absolute atomic E-state index is 9.23. The van der Waals surface area contributed by atoms with E-state index in [1.165, 1.54) is 0 Å². The zero-order chi connectivity index (χ0) is 14.2. The summed E-state index contributed by atoms with van der Waals surface area (Å²) in [6.45, 7) is 7.39. The second-order valence-corrected chi connectivity index (χ2v) is 4.43. The average Bonchev–Trinajstić information content (AvgIpc) is 2.61. The Morgan fingerprint density at radius 1 is 1.11 bits per heavy atom. The molecular formula is C13H15N5O. The van der Waals surface area contributed by atoms with Crippen LogP contribution < -0.4 is 4.74 Å². The Hall–Kier alpha value is -2.42. The molecule has 6 nitrogen and oxygen atoms in total. The molecule has 0 aliphatic rings. The molecule has 0 atom stereocenters. The van der Waals surface area contributed by atoms with Crippen LogP contribution in [0.1, 0.15) is 28.2 Å². The summed E-state index contributed by atoms with van der Waals surface area (Å²) in [6.07, 6.45) is 0. The third-order valence-corrected chi connectivity index (χ3v) is 3.18. The molecular weight excluding hydrogens is 242 g/mol. The highest BCUT2D eigenvalue weighted by Gasteiger charge is 2.17. The molecule has 0 spiro atoms. The van der Waals surface area contributed by atoms with Gasteiger partial charge in [0.2, 0.25) is 0 Å². The highest BCUT2D eigenvalue weighted by molar-refractivity contribution is 5.47. The van der Waals surface area contributed by atoms with E-state index in [2.05, 4.69) is 21.4 Å². The summed E-state index contributed by atoms with van der Waals surface area (Å²) in [5.74, 6) is 0.848. The fourth-order valence-corrected chi connectivity index (χ4v) is 1.79. The standard InChI is InChI=1S/C13H15N5O/c1-7-8(2)15-16-13(11(7)6-14)19-12-9(3)17-18(5)10(12)4/h1-5H3. The highest BCUT2D eigenvalue weighted by atomic mass is 16.5. The number of rotatable bonds is 2. The molecule has 98 valence electrons. The van der Waals surface area contributed by atoms with Gasteiger partial charge in [0.15, 0.2) is 5.75 Å². The van der Waals surface area contributed by atoms with Crippen LogP contribution in [-0.4, -0.2) is 20.0 Å². The van der Waals surface area contributed by atoms with Gasteiger partial charge in [0.05, 0.1) is 11.4 Å². The largest absolute Gasteiger partial charge is 0.433 e. The van der Waals surface area contributed by atoms with Crippen LogP contribution in [0.4, 0.5) is 0 Å². The fraction of sp³-hybridized carbons (Fsp3) is 0.385. The molecule has 2 aromatic rings. The Morgan fingerprint density at radius 3 is 2.32 bits per heavy atom. The SMILES string of the molecule is Cc1nnc(Oc2c(C)nn(C)c2C)c(C#N)c1C. The second kappa shape index (κ2) is 4.69. The van der Waals surface area contributed by atoms with Gasteiger partial charge in [0.25, 0.3) is 5.88 Å². The molecule has 2 rings (SSSR count). The number of nitriles is 1. The summed E-state index contributed by atoms with van der Waals surface area (Å²) >= 11 is 0. The van der Waals surface area contributed by atoms with Crippen LogP contribution in [0.5, 0.6) is 11.6 Å². The number of nitrogens with zero attached hydrogens (tertiary/aromatic N) is 5. The van der Waals surface area contributed by atoms with E-state index < -0.39 is 0 Å². The summed E-state index contributed by atoms with van der Waals surface area (Å²) in [4.78, 5) is 0. The first-order valence-corrected chi connectivity index (χ1v) is 5.87. The lowest BCUT2D eigenvalue weighted by molar-refractivity contribution is 0.444. The van der Waals surface area contributed by atoms with E-state index in [1.54, 1.807) is 4.68 Å². The predicted octanol–water partition coefficient (Wildman–Crippen LogP) is 2.11. The Balaban J connectivity index is 2.51. The smallest absolute Gasteiger partial charge is 0.257 e. The third kappa shape index (κ3) is 2.15. The van der Waals surface area contributed by atoms with Crippen molar-refractivity contribution < 1.29 is 4.74 Å². The molecule has 0 radical (unpaired) electrons. The highest BCUT2D eigenvalue weighted by Crippen LogP contribution is 2.29. The molecule has 0 saturated heterocycles. The summed E-state index contributed by atoms with van der Waals surface area (Å²) in [5, 5.41) is 21.5. The van der Waals surface area contributed by atoms with Crippen LogP contribution >= 0.6 is 0 Å². The van der Waals surface area contributed by atoms with Gasteiger partial charge in [0, 0.05) is 7.05 Å². The monoisotopic (exact) mass is 257 g/mol. The zero-order valence-electron chi connectivity index (χ0n) is 11.6. The van der Waals surface area contributed by atoms with Gasteiger partial charge in [-0.05, 0) is 33.3 Å². The summed E-state index contributed by atoms with van der Waals surface area (Å²) in [6, 6.07) is 2.12. The maximum atomic E-state index is 9.23. The van der Waals surface area contributed by atoms with Crippen molar-refractivity contribution in [3.8, 4) is 17.7 Å². The van der Waals surface area contributed by atoms with E-state index in [1.807, 2.05) is 34.7 Å². The number of hydrogen-bond acceptors (Lipinski definition) is 5. The Labute approximate surface area is 111 Å². The number of hydrogen-bond donors (Lipinski definition) is 0. The molecule has 0 aliphatic heterocycles. The van der Waals surface area contributed by atoms with Crippen molar-refractivity contribution in [2.24, 2.45) is 7.05 Å². The number of aromatic nitrogens is 4. The van der Waals surface area contributed by atoms with Crippen molar-refractivity contribution in [1.82, 2.24) is 20.0 Å². The lowest BCUT2D eigenvalue weighted by Gasteiger charge is -2.08. The van der Waals surface area contributed by atoms with Crippen molar-refractivity contribution >= 4 is 0 Å². The lowest BCUT2D eigenvalue weighted by Crippen LogP contribution is -2.01. The quantitative estimate of drug-likeness (QED) is 0.823. The van der Waals surface area contributed by atoms with Crippen molar-refractivity contribution in [2.45, 2.75) is 27.7 Å². The molecule has 0 aliphatic carbocycles. The molecule has 2 heterocycles. The molecule has 0 amide bonds. The van der Waals surface area contributed by atoms with Crippen molar-refractivity contribution in [3.63, 3.8) is 0 Å². The van der Waals surface area contributed by atoms with Gasteiger partial charge in [-0.25, -0.2) is 0 Å². The summed E-state index contributed by atoms with van der Waals surface area (Å²) in [5.41, 5.74) is 3.55. The normalized spacial score (nSPS) is 10.3. The number of aryl methyl sites for hydroxylation is 3. The molecule has 0 unspecified atom stereocenters. The minimum absolute atomic E-state index is 0.227. The summed E-state index contributed by atoms with van der Waals surface area (Å²) < 4.78 is 7.47. The van der Waals surface area contributed by atoms with Crippen LogP contribution in [0.3, 0.4) is 0 Å². The second-order valence-electron chi connectivity index (χ2n) is 4.43. The van der Waals surface area contributed by atoms with Crippen LogP contribution in [0.25, 0.3) is 0 Å². The lowest BCUT2D eigenvalue weighted by atomic mass is 10.1. The molecule has 6 heteroatoms. The van der Waals surface area contributed by atoms with E-state index in [0.29, 0.717) is 11.3 Å². The molecule has 2 aromatic heterocycles. The summed E-state index contributed by atoms with van der Waals surface area (Å²) in [7, 11) is 1.84. The minimum atomic E-state index is 0.227. The molecule has 19 heavy (non-hydrogen) atoms. The van der Waals surface area contributed by atoms with Crippen LogP contribution in [-0.2, 0) is 7.05 Å². The van der Waals surface area contributed by atoms with Crippen LogP contribution in [0.15, 0.2) is 0 Å². The molecule has 0 fully saturated rings. The van der Waals surface area contributed by atoms with Gasteiger partial charge >= 0.3 is 0 Å². The van der Waals surface area contributed by atoms with Gasteiger partial charge in [0.1, 0.15) is 17.3 Å². The molecule has 0 N–H and O–H groups in total. The molecule has 0 aromatic carbocycles. The van der Waals surface area contributed by atoms with Crippen molar-refractivity contribution in [1.29, 1.82) is 5.26 Å². The van der Waals surface area contributed by atoms with E-state index in [9.17, 15) is 5.26 Å². The first-order valence-electron chi connectivity index (χ1n) is 5.87. The topological polar surface area (TPSA) is 76.6 Å². The van der Waals surface area contributed by atoms with E-state index >= 15 is 0 Å². The Bertz CT molecular complexity index is 681. The van der Waals surface area contributed by atoms with Crippen molar-refractivity contribution in [3.05, 3.63) is 28.2 Å². The molecule has 0 saturated carbocycles. The predicted molar refractivity (Wildman–Crippen MR) is 69.0 cm³/mol. The van der Waals surface area contributed by atoms with Crippen molar-refractivity contribution in [2.75, 3.05) is 0 Å².